The van der Waals surface area contributed by atoms with Crippen LogP contribution in [0.4, 0.5) is 5.69 Å². The van der Waals surface area contributed by atoms with E-state index in [1.54, 1.807) is 7.11 Å². The zero-order valence-electron chi connectivity index (χ0n) is 13.4. The lowest BCUT2D eigenvalue weighted by molar-refractivity contribution is 0.205. The fraction of sp³-hybridized carbons (Fsp3) is 0.529. The predicted octanol–water partition coefficient (Wildman–Crippen LogP) is 4.15. The van der Waals surface area contributed by atoms with Gasteiger partial charge < -0.3 is 15.0 Å². The summed E-state index contributed by atoms with van der Waals surface area (Å²) in [5.74, 6) is 0. The molecule has 0 amide bonds. The van der Waals surface area contributed by atoms with Crippen molar-refractivity contribution < 1.29 is 4.74 Å². The lowest BCUT2D eigenvalue weighted by Gasteiger charge is -2.25. The van der Waals surface area contributed by atoms with Crippen molar-refractivity contribution in [2.75, 3.05) is 38.3 Å². The van der Waals surface area contributed by atoms with E-state index in [9.17, 15) is 0 Å². The Bertz CT molecular complexity index is 437. The van der Waals surface area contributed by atoms with Crippen molar-refractivity contribution in [3.63, 3.8) is 0 Å². The molecule has 1 aromatic rings. The number of benzene rings is 1. The largest absolute Gasteiger partial charge is 0.383 e. The van der Waals surface area contributed by atoms with Crippen molar-refractivity contribution in [1.82, 2.24) is 5.32 Å². The molecule has 0 aliphatic heterocycles. The summed E-state index contributed by atoms with van der Waals surface area (Å²) in [5, 5.41) is 3.51. The highest BCUT2D eigenvalue weighted by molar-refractivity contribution is 9.10. The van der Waals surface area contributed by atoms with Crippen molar-refractivity contribution in [2.45, 2.75) is 26.3 Å². The minimum absolute atomic E-state index is 0.363. The van der Waals surface area contributed by atoms with Crippen LogP contribution in [0.3, 0.4) is 0 Å². The monoisotopic (exact) mass is 354 g/mol. The second kappa shape index (κ2) is 9.98. The maximum atomic E-state index is 5.18. The van der Waals surface area contributed by atoms with Gasteiger partial charge in [0.1, 0.15) is 0 Å². The van der Waals surface area contributed by atoms with Crippen molar-refractivity contribution in [1.29, 1.82) is 0 Å². The molecule has 1 aromatic carbocycles. The van der Waals surface area contributed by atoms with E-state index in [0.29, 0.717) is 12.6 Å². The van der Waals surface area contributed by atoms with Crippen LogP contribution < -0.4 is 10.2 Å². The maximum absolute atomic E-state index is 5.18. The van der Waals surface area contributed by atoms with E-state index in [1.165, 1.54) is 11.3 Å². The highest BCUT2D eigenvalue weighted by atomic mass is 79.9. The quantitative estimate of drug-likeness (QED) is 0.638. The van der Waals surface area contributed by atoms with Gasteiger partial charge in [0, 0.05) is 30.7 Å². The van der Waals surface area contributed by atoms with E-state index in [0.717, 1.165) is 30.5 Å². The zero-order chi connectivity index (χ0) is 15.7. The van der Waals surface area contributed by atoms with Crippen LogP contribution in [0.1, 0.15) is 31.9 Å². The average molecular weight is 355 g/mol. The van der Waals surface area contributed by atoms with Gasteiger partial charge in [-0.05, 0) is 53.5 Å². The maximum Gasteiger partial charge on any atom is 0.0637 e. The summed E-state index contributed by atoms with van der Waals surface area (Å²) >= 11 is 3.70. The molecule has 0 saturated heterocycles. The van der Waals surface area contributed by atoms with Gasteiger partial charge in [0.2, 0.25) is 0 Å². The van der Waals surface area contributed by atoms with E-state index in [2.05, 4.69) is 64.8 Å². The number of hydrogen-bond donors (Lipinski definition) is 1. The van der Waals surface area contributed by atoms with Crippen LogP contribution in [-0.2, 0) is 4.74 Å². The van der Waals surface area contributed by atoms with E-state index < -0.39 is 0 Å². The second-order valence-corrected chi connectivity index (χ2v) is 5.97. The number of nitrogens with zero attached hydrogens (tertiary/aromatic N) is 1. The number of nitrogens with one attached hydrogen (secondary N) is 1. The minimum Gasteiger partial charge on any atom is -0.383 e. The summed E-state index contributed by atoms with van der Waals surface area (Å²) in [6.45, 7) is 11.6. The number of ether oxygens (including phenoxy) is 1. The molecule has 1 unspecified atom stereocenters. The number of anilines is 1. The van der Waals surface area contributed by atoms with Gasteiger partial charge in [-0.15, -0.1) is 6.58 Å². The van der Waals surface area contributed by atoms with Crippen LogP contribution >= 0.6 is 15.9 Å². The van der Waals surface area contributed by atoms with Crippen LogP contribution in [0.25, 0.3) is 0 Å². The molecule has 4 heteroatoms. The number of halogens is 1. The normalized spacial score (nSPS) is 12.2. The minimum atomic E-state index is 0.363. The number of rotatable bonds is 10. The molecule has 1 N–H and O–H groups in total. The summed E-state index contributed by atoms with van der Waals surface area (Å²) in [7, 11) is 1.73. The van der Waals surface area contributed by atoms with E-state index in [-0.39, 0.29) is 0 Å². The first-order chi connectivity index (χ1) is 10.1. The molecule has 0 aliphatic carbocycles. The molecule has 1 rings (SSSR count). The number of hydrogen-bond acceptors (Lipinski definition) is 3. The fourth-order valence-corrected chi connectivity index (χ4v) is 2.84. The fourth-order valence-electron chi connectivity index (χ4n) is 2.20. The Hall–Kier alpha value is -0.840. The molecule has 0 heterocycles. The van der Waals surface area contributed by atoms with Crippen molar-refractivity contribution in [3.05, 3.63) is 40.9 Å². The first-order valence-electron chi connectivity index (χ1n) is 7.51. The molecule has 21 heavy (non-hydrogen) atoms. The first kappa shape index (κ1) is 18.2. The molecule has 0 fully saturated rings. The van der Waals surface area contributed by atoms with E-state index in [1.807, 2.05) is 6.08 Å². The SMILES string of the molecule is C=CCN(CCOC)c1ccc(C(C)NCCC)cc1Br. The molecule has 118 valence electrons. The van der Waals surface area contributed by atoms with E-state index in [4.69, 9.17) is 4.74 Å². The molecule has 0 spiro atoms. The van der Waals surface area contributed by atoms with Gasteiger partial charge in [-0.1, -0.05) is 19.1 Å². The van der Waals surface area contributed by atoms with Crippen LogP contribution in [-0.4, -0.2) is 33.4 Å². The van der Waals surface area contributed by atoms with Gasteiger partial charge in [-0.3, -0.25) is 0 Å². The zero-order valence-corrected chi connectivity index (χ0v) is 14.9. The van der Waals surface area contributed by atoms with Gasteiger partial charge in [0.05, 0.1) is 12.3 Å². The molecule has 0 saturated carbocycles. The Kier molecular flexibility index (Phi) is 8.66. The van der Waals surface area contributed by atoms with Gasteiger partial charge >= 0.3 is 0 Å². The summed E-state index contributed by atoms with van der Waals surface area (Å²) < 4.78 is 6.30. The van der Waals surface area contributed by atoms with Crippen molar-refractivity contribution >= 4 is 21.6 Å². The number of methoxy groups -OCH3 is 1. The lowest BCUT2D eigenvalue weighted by Crippen LogP contribution is -2.27. The van der Waals surface area contributed by atoms with Gasteiger partial charge in [0.15, 0.2) is 0 Å². The standard InChI is InChI=1S/C17H27BrN2O/c1-5-9-19-14(3)15-7-8-17(16(18)13-15)20(10-6-2)11-12-21-4/h6-8,13-14,19H,2,5,9-12H2,1,3-4H3. The third-order valence-electron chi connectivity index (χ3n) is 3.43. The van der Waals surface area contributed by atoms with Crippen LogP contribution in [0.5, 0.6) is 0 Å². The summed E-state index contributed by atoms with van der Waals surface area (Å²) in [6.07, 6.45) is 3.06. The van der Waals surface area contributed by atoms with Crippen LogP contribution in [0, 0.1) is 0 Å². The molecule has 3 nitrogen and oxygen atoms in total. The molecule has 0 aromatic heterocycles. The Morgan fingerprint density at radius 1 is 1.48 bits per heavy atom. The molecule has 0 bridgehead atoms. The third-order valence-corrected chi connectivity index (χ3v) is 4.06. The molecule has 1 atom stereocenters. The first-order valence-corrected chi connectivity index (χ1v) is 8.30. The summed E-state index contributed by atoms with van der Waals surface area (Å²) in [4.78, 5) is 2.26. The van der Waals surface area contributed by atoms with Crippen molar-refractivity contribution in [2.24, 2.45) is 0 Å². The lowest BCUT2D eigenvalue weighted by atomic mass is 10.1. The predicted molar refractivity (Wildman–Crippen MR) is 95.1 cm³/mol. The Morgan fingerprint density at radius 3 is 2.81 bits per heavy atom. The summed E-state index contributed by atoms with van der Waals surface area (Å²) in [5.41, 5.74) is 2.47. The third kappa shape index (κ3) is 5.81. The molecular weight excluding hydrogens is 328 g/mol. The van der Waals surface area contributed by atoms with E-state index >= 15 is 0 Å². The molecule has 0 radical (unpaired) electrons. The Balaban J connectivity index is 2.86. The van der Waals surface area contributed by atoms with Crippen molar-refractivity contribution in [3.8, 4) is 0 Å². The smallest absolute Gasteiger partial charge is 0.0637 e. The topological polar surface area (TPSA) is 24.5 Å². The highest BCUT2D eigenvalue weighted by Gasteiger charge is 2.11. The molecule has 0 aliphatic rings. The average Bonchev–Trinajstić information content (AvgIpc) is 2.49. The molecular formula is C17H27BrN2O. The summed E-state index contributed by atoms with van der Waals surface area (Å²) in [6, 6.07) is 6.92. The van der Waals surface area contributed by atoms with Gasteiger partial charge in [-0.25, -0.2) is 0 Å². The highest BCUT2D eigenvalue weighted by Crippen LogP contribution is 2.29. The Morgan fingerprint density at radius 2 is 2.24 bits per heavy atom. The second-order valence-electron chi connectivity index (χ2n) is 5.11. The van der Waals surface area contributed by atoms with Gasteiger partial charge in [0.25, 0.3) is 0 Å². The van der Waals surface area contributed by atoms with Crippen LogP contribution in [0.15, 0.2) is 35.3 Å². The Labute approximate surface area is 137 Å². The van der Waals surface area contributed by atoms with Crippen LogP contribution in [0.2, 0.25) is 0 Å². The van der Waals surface area contributed by atoms with Gasteiger partial charge in [-0.2, -0.15) is 0 Å².